The molecule has 0 bridgehead atoms. The number of nitrogens with one attached hydrogen (secondary N) is 2. The van der Waals surface area contributed by atoms with Crippen LogP contribution in [0.1, 0.15) is 33.6 Å². The molecule has 1 aliphatic rings. The first-order valence-electron chi connectivity index (χ1n) is 8.74. The predicted molar refractivity (Wildman–Crippen MR) is 110 cm³/mol. The molecule has 0 amide bonds. The molecule has 2 atom stereocenters. The molecular formula is C20H31N5O. The fourth-order valence-corrected chi connectivity index (χ4v) is 2.57. The molecule has 142 valence electrons. The largest absolute Gasteiger partial charge is 0.402 e. The van der Waals surface area contributed by atoms with Gasteiger partial charge in [0, 0.05) is 35.2 Å². The minimum absolute atomic E-state index is 0.231. The number of rotatable bonds is 9. The fraction of sp³-hybridized carbons (Fsp3) is 0.400. The lowest BCUT2D eigenvalue weighted by Gasteiger charge is -2.30. The maximum atomic E-state index is 9.28. The van der Waals surface area contributed by atoms with Crippen LogP contribution >= 0.6 is 0 Å². The van der Waals surface area contributed by atoms with E-state index in [1.54, 1.807) is 12.3 Å². The molecule has 0 aliphatic carbocycles. The van der Waals surface area contributed by atoms with Gasteiger partial charge >= 0.3 is 0 Å². The van der Waals surface area contributed by atoms with Gasteiger partial charge in [0.1, 0.15) is 0 Å². The maximum absolute atomic E-state index is 9.28. The molecule has 7 N–H and O–H groups in total. The van der Waals surface area contributed by atoms with E-state index in [9.17, 15) is 5.11 Å². The second-order valence-corrected chi connectivity index (χ2v) is 6.38. The Hall–Kier alpha value is -2.28. The van der Waals surface area contributed by atoms with Gasteiger partial charge in [0.15, 0.2) is 6.35 Å². The van der Waals surface area contributed by atoms with Crippen LogP contribution in [-0.2, 0) is 0 Å². The maximum Gasteiger partial charge on any atom is 0.158 e. The highest BCUT2D eigenvalue weighted by Gasteiger charge is 2.32. The lowest BCUT2D eigenvalue weighted by Crippen LogP contribution is -2.42. The quantitative estimate of drug-likeness (QED) is 0.247. The Morgan fingerprint density at radius 2 is 2.27 bits per heavy atom. The molecule has 0 aromatic rings. The van der Waals surface area contributed by atoms with Crippen LogP contribution in [0.2, 0.25) is 0 Å². The zero-order valence-electron chi connectivity index (χ0n) is 15.9. The molecule has 0 saturated carbocycles. The van der Waals surface area contributed by atoms with Gasteiger partial charge in [-0.15, -0.1) is 0 Å². The van der Waals surface area contributed by atoms with Gasteiger partial charge in [-0.25, -0.2) is 0 Å². The van der Waals surface area contributed by atoms with Crippen LogP contribution in [0.25, 0.3) is 0 Å². The number of hydrogen-bond acceptors (Lipinski definition) is 6. The molecule has 0 aromatic carbocycles. The number of aliphatic hydroxyl groups excluding tert-OH is 1. The smallest absolute Gasteiger partial charge is 0.158 e. The molecule has 1 heterocycles. The van der Waals surface area contributed by atoms with E-state index < -0.39 is 11.8 Å². The van der Waals surface area contributed by atoms with Crippen LogP contribution in [0.3, 0.4) is 0 Å². The van der Waals surface area contributed by atoms with Crippen LogP contribution in [0.4, 0.5) is 0 Å². The molecule has 0 fully saturated rings. The summed E-state index contributed by atoms with van der Waals surface area (Å²) < 4.78 is 0. The van der Waals surface area contributed by atoms with Crippen molar-refractivity contribution in [2.45, 2.75) is 40.0 Å². The van der Waals surface area contributed by atoms with Crippen LogP contribution < -0.4 is 16.8 Å². The summed E-state index contributed by atoms with van der Waals surface area (Å²) in [4.78, 5) is 4.55. The van der Waals surface area contributed by atoms with Gasteiger partial charge in [0.2, 0.25) is 0 Å². The lowest BCUT2D eigenvalue weighted by molar-refractivity contribution is 0.148. The van der Waals surface area contributed by atoms with E-state index in [4.69, 9.17) is 16.9 Å². The first-order chi connectivity index (χ1) is 12.3. The van der Waals surface area contributed by atoms with Crippen molar-refractivity contribution < 1.29 is 5.11 Å². The molecule has 2 unspecified atom stereocenters. The molecule has 26 heavy (non-hydrogen) atoms. The van der Waals surface area contributed by atoms with Gasteiger partial charge < -0.3 is 16.2 Å². The van der Waals surface area contributed by atoms with Gasteiger partial charge in [-0.1, -0.05) is 43.9 Å². The van der Waals surface area contributed by atoms with E-state index in [0.717, 1.165) is 11.3 Å². The molecular weight excluding hydrogens is 326 g/mol. The molecule has 1 aliphatic heterocycles. The Morgan fingerprint density at radius 1 is 1.58 bits per heavy atom. The highest BCUT2D eigenvalue weighted by atomic mass is 16.3. The van der Waals surface area contributed by atoms with E-state index in [-0.39, 0.29) is 6.54 Å². The highest BCUT2D eigenvalue weighted by Crippen LogP contribution is 2.32. The van der Waals surface area contributed by atoms with Gasteiger partial charge in [-0.05, 0) is 32.3 Å². The minimum Gasteiger partial charge on any atom is -0.402 e. The first kappa shape index (κ1) is 21.8. The summed E-state index contributed by atoms with van der Waals surface area (Å²) >= 11 is 0. The average molecular weight is 358 g/mol. The standard InChI is InChI=1S/C20H31N5O/c1-5-8-9-14(6-2)17-10-11-20(4,13-25-17)18(22)15(16(21)7-3)12-24-19(23)26/h5-6,8-10,13,19,22,24,26H,2,7,11-12,21,23H2,1,3-4H3/b8-5-,14-9+,16-15-,22-18?. The summed E-state index contributed by atoms with van der Waals surface area (Å²) in [7, 11) is 0. The Morgan fingerprint density at radius 3 is 2.73 bits per heavy atom. The van der Waals surface area contributed by atoms with Crippen molar-refractivity contribution in [2.24, 2.45) is 21.9 Å². The summed E-state index contributed by atoms with van der Waals surface area (Å²) in [6, 6.07) is 0. The normalized spacial score (nSPS) is 22.8. The van der Waals surface area contributed by atoms with E-state index in [0.29, 0.717) is 29.8 Å². The van der Waals surface area contributed by atoms with Crippen molar-refractivity contribution in [3.05, 3.63) is 59.5 Å². The molecule has 0 aromatic heterocycles. The van der Waals surface area contributed by atoms with Crippen LogP contribution in [0.15, 0.2) is 64.5 Å². The molecule has 1 rings (SSSR count). The van der Waals surface area contributed by atoms with Crippen molar-refractivity contribution in [3.8, 4) is 0 Å². The van der Waals surface area contributed by atoms with Crippen molar-refractivity contribution in [3.63, 3.8) is 0 Å². The van der Waals surface area contributed by atoms with Gasteiger partial charge in [-0.3, -0.25) is 16.0 Å². The highest BCUT2D eigenvalue weighted by molar-refractivity contribution is 6.12. The van der Waals surface area contributed by atoms with E-state index >= 15 is 0 Å². The third-order valence-electron chi connectivity index (χ3n) is 4.32. The number of aliphatic hydroxyl groups is 1. The molecule has 6 nitrogen and oxygen atoms in total. The molecule has 0 radical (unpaired) electrons. The Kier molecular flexibility index (Phi) is 8.38. The third kappa shape index (κ3) is 5.62. The number of allylic oxidation sites excluding steroid dienone is 6. The Balaban J connectivity index is 3.07. The van der Waals surface area contributed by atoms with Gasteiger partial charge in [0.05, 0.1) is 5.70 Å². The zero-order valence-corrected chi connectivity index (χ0v) is 15.9. The monoisotopic (exact) mass is 357 g/mol. The first-order valence-corrected chi connectivity index (χ1v) is 8.74. The SMILES string of the molecule is C=C/C(=C\C=C/C)C1=CCC(C)(C(=N)/C(CNC(N)O)=C(\N)CC)C=N1. The average Bonchev–Trinajstić information content (AvgIpc) is 2.63. The molecule has 0 saturated heterocycles. The molecule has 6 heteroatoms. The van der Waals surface area contributed by atoms with Gasteiger partial charge in [0.25, 0.3) is 0 Å². The summed E-state index contributed by atoms with van der Waals surface area (Å²) in [5.74, 6) is 0. The van der Waals surface area contributed by atoms with Crippen molar-refractivity contribution in [2.75, 3.05) is 6.54 Å². The van der Waals surface area contributed by atoms with E-state index in [2.05, 4.69) is 16.9 Å². The molecule has 0 spiro atoms. The van der Waals surface area contributed by atoms with Gasteiger partial charge in [-0.2, -0.15) is 0 Å². The second-order valence-electron chi connectivity index (χ2n) is 6.38. The Labute approximate surface area is 156 Å². The van der Waals surface area contributed by atoms with Crippen molar-refractivity contribution in [1.82, 2.24) is 5.32 Å². The lowest BCUT2D eigenvalue weighted by atomic mass is 9.77. The Bertz CT molecular complexity index is 682. The number of nitrogens with zero attached hydrogens (tertiary/aromatic N) is 1. The predicted octanol–water partition coefficient (Wildman–Crippen LogP) is 2.51. The summed E-state index contributed by atoms with van der Waals surface area (Å²) in [5.41, 5.74) is 14.3. The number of aliphatic imine (C=N–C) groups is 1. The summed E-state index contributed by atoms with van der Waals surface area (Å²) in [5, 5.41) is 20.7. The zero-order chi connectivity index (χ0) is 19.7. The van der Waals surface area contributed by atoms with Crippen LogP contribution in [0, 0.1) is 10.8 Å². The summed E-state index contributed by atoms with van der Waals surface area (Å²) in [6.07, 6.45) is 11.5. The van der Waals surface area contributed by atoms with Crippen molar-refractivity contribution in [1.29, 1.82) is 5.41 Å². The fourth-order valence-electron chi connectivity index (χ4n) is 2.57. The van der Waals surface area contributed by atoms with Crippen LogP contribution in [0.5, 0.6) is 0 Å². The summed E-state index contributed by atoms with van der Waals surface area (Å²) in [6.45, 7) is 9.90. The third-order valence-corrected chi connectivity index (χ3v) is 4.32. The number of nitrogens with two attached hydrogens (primary N) is 2. The second kappa shape index (κ2) is 10.0. The van der Waals surface area contributed by atoms with E-state index in [1.165, 1.54) is 0 Å². The number of hydrogen-bond donors (Lipinski definition) is 5. The topological polar surface area (TPSA) is 121 Å². The van der Waals surface area contributed by atoms with Crippen LogP contribution in [-0.4, -0.2) is 29.9 Å². The van der Waals surface area contributed by atoms with Crippen molar-refractivity contribution >= 4 is 11.9 Å². The van der Waals surface area contributed by atoms with E-state index in [1.807, 2.05) is 45.1 Å². The minimum atomic E-state index is -1.16.